The van der Waals surface area contributed by atoms with Gasteiger partial charge in [0, 0.05) is 26.4 Å². The molecule has 0 unspecified atom stereocenters. The van der Waals surface area contributed by atoms with Crippen LogP contribution in [0.1, 0.15) is 0 Å². The molecule has 2 aromatic rings. The number of methoxy groups -OCH3 is 1. The van der Waals surface area contributed by atoms with Gasteiger partial charge in [0.1, 0.15) is 0 Å². The molecule has 8 heteroatoms. The van der Waals surface area contributed by atoms with E-state index in [1.807, 2.05) is 30.3 Å². The Labute approximate surface area is 137 Å². The number of rotatable bonds is 8. The zero-order valence-corrected chi connectivity index (χ0v) is 14.1. The summed E-state index contributed by atoms with van der Waals surface area (Å²) in [6, 6.07) is 9.57. The fourth-order valence-electron chi connectivity index (χ4n) is 1.62. The molecule has 2 rings (SSSR count). The number of anilines is 2. The van der Waals surface area contributed by atoms with Crippen molar-refractivity contribution >= 4 is 39.8 Å². The number of carbonyl (C=O) groups excluding carboxylic acids is 1. The number of amides is 1. The lowest BCUT2D eigenvalue weighted by Gasteiger charge is -2.16. The predicted octanol–water partition coefficient (Wildman–Crippen LogP) is 2.35. The number of hydrogen-bond donors (Lipinski definition) is 1. The smallest absolute Gasteiger partial charge is 0.237 e. The van der Waals surface area contributed by atoms with Crippen molar-refractivity contribution < 1.29 is 9.53 Å². The second-order valence-corrected chi connectivity index (χ2v) is 6.57. The number of benzene rings is 1. The number of nitrogens with zero attached hydrogens (tertiary/aromatic N) is 3. The summed E-state index contributed by atoms with van der Waals surface area (Å²) in [7, 11) is 3.42. The maximum absolute atomic E-state index is 12.2. The Hall–Kier alpha value is -1.64. The Kier molecular flexibility index (Phi) is 6.63. The van der Waals surface area contributed by atoms with E-state index in [0.29, 0.717) is 18.9 Å². The third-order valence-electron chi connectivity index (χ3n) is 2.83. The van der Waals surface area contributed by atoms with Gasteiger partial charge in [-0.3, -0.25) is 4.79 Å². The summed E-state index contributed by atoms with van der Waals surface area (Å²) in [5.74, 6) is 0.359. The van der Waals surface area contributed by atoms with Gasteiger partial charge in [-0.2, -0.15) is 0 Å². The molecule has 0 atom stereocenters. The van der Waals surface area contributed by atoms with Gasteiger partial charge in [0.2, 0.25) is 11.0 Å². The van der Waals surface area contributed by atoms with Gasteiger partial charge in [0.25, 0.3) is 0 Å². The van der Waals surface area contributed by atoms with Crippen molar-refractivity contribution in [1.29, 1.82) is 0 Å². The molecule has 118 valence electrons. The average Bonchev–Trinajstić information content (AvgIpc) is 3.01. The zero-order chi connectivity index (χ0) is 15.8. The number of nitrogens with one attached hydrogen (secondary N) is 1. The highest BCUT2D eigenvalue weighted by Gasteiger charge is 2.13. The van der Waals surface area contributed by atoms with Crippen LogP contribution in [-0.4, -0.2) is 49.2 Å². The van der Waals surface area contributed by atoms with Crippen molar-refractivity contribution in [2.75, 3.05) is 43.3 Å². The van der Waals surface area contributed by atoms with Crippen LogP contribution in [0.3, 0.4) is 0 Å². The van der Waals surface area contributed by atoms with Gasteiger partial charge in [-0.05, 0) is 12.1 Å². The van der Waals surface area contributed by atoms with E-state index in [-0.39, 0.29) is 5.91 Å². The van der Waals surface area contributed by atoms with Crippen molar-refractivity contribution in [3.05, 3.63) is 30.3 Å². The van der Waals surface area contributed by atoms with Crippen molar-refractivity contribution in [3.8, 4) is 0 Å². The van der Waals surface area contributed by atoms with E-state index in [0.717, 1.165) is 15.2 Å². The highest BCUT2D eigenvalue weighted by Crippen LogP contribution is 2.26. The van der Waals surface area contributed by atoms with E-state index in [4.69, 9.17) is 4.74 Å². The van der Waals surface area contributed by atoms with Gasteiger partial charge in [0.05, 0.1) is 12.4 Å². The SMILES string of the molecule is COCCNc1nnc(SCC(=O)N(C)c2ccccc2)s1. The zero-order valence-electron chi connectivity index (χ0n) is 12.5. The van der Waals surface area contributed by atoms with Crippen LogP contribution in [0, 0.1) is 0 Å². The quantitative estimate of drug-likeness (QED) is 0.589. The van der Waals surface area contributed by atoms with Crippen LogP contribution in [-0.2, 0) is 9.53 Å². The first-order valence-electron chi connectivity index (χ1n) is 6.71. The minimum Gasteiger partial charge on any atom is -0.383 e. The second-order valence-electron chi connectivity index (χ2n) is 4.37. The summed E-state index contributed by atoms with van der Waals surface area (Å²) in [5, 5.41) is 11.9. The lowest BCUT2D eigenvalue weighted by atomic mass is 10.3. The van der Waals surface area contributed by atoms with Crippen molar-refractivity contribution in [2.24, 2.45) is 0 Å². The number of aromatic nitrogens is 2. The van der Waals surface area contributed by atoms with Crippen LogP contribution in [0.15, 0.2) is 34.7 Å². The minimum atomic E-state index is 0.0280. The Morgan fingerprint density at radius 2 is 2.14 bits per heavy atom. The molecular formula is C14H18N4O2S2. The molecule has 22 heavy (non-hydrogen) atoms. The third-order valence-corrected chi connectivity index (χ3v) is 4.82. The molecule has 1 aromatic carbocycles. The summed E-state index contributed by atoms with van der Waals surface area (Å²) in [4.78, 5) is 13.8. The van der Waals surface area contributed by atoms with E-state index >= 15 is 0 Å². The van der Waals surface area contributed by atoms with Gasteiger partial charge in [-0.1, -0.05) is 41.3 Å². The van der Waals surface area contributed by atoms with Gasteiger partial charge in [0.15, 0.2) is 4.34 Å². The van der Waals surface area contributed by atoms with E-state index < -0.39 is 0 Å². The maximum Gasteiger partial charge on any atom is 0.237 e. The number of thioether (sulfide) groups is 1. The monoisotopic (exact) mass is 338 g/mol. The standard InChI is InChI=1S/C14H18N4O2S2/c1-18(11-6-4-3-5-7-11)12(19)10-21-14-17-16-13(22-14)15-8-9-20-2/h3-7H,8-10H2,1-2H3,(H,15,16). The molecule has 0 saturated heterocycles. The molecule has 0 bridgehead atoms. The third kappa shape index (κ3) is 4.97. The van der Waals surface area contributed by atoms with Crippen LogP contribution in [0.25, 0.3) is 0 Å². The molecule has 0 aliphatic heterocycles. The van der Waals surface area contributed by atoms with Crippen molar-refractivity contribution in [3.63, 3.8) is 0 Å². The molecule has 0 aliphatic carbocycles. The second kappa shape index (κ2) is 8.72. The van der Waals surface area contributed by atoms with Crippen molar-refractivity contribution in [1.82, 2.24) is 10.2 Å². The van der Waals surface area contributed by atoms with Crippen LogP contribution in [0.2, 0.25) is 0 Å². The largest absolute Gasteiger partial charge is 0.383 e. The molecule has 0 saturated carbocycles. The molecule has 6 nitrogen and oxygen atoms in total. The summed E-state index contributed by atoms with van der Waals surface area (Å²) in [5.41, 5.74) is 0.882. The number of carbonyl (C=O) groups is 1. The van der Waals surface area contributed by atoms with Gasteiger partial charge in [-0.15, -0.1) is 10.2 Å². The van der Waals surface area contributed by atoms with Crippen LogP contribution < -0.4 is 10.2 Å². The number of ether oxygens (including phenoxy) is 1. The number of hydrogen-bond acceptors (Lipinski definition) is 7. The summed E-state index contributed by atoms with van der Waals surface area (Å²) in [6.07, 6.45) is 0. The summed E-state index contributed by atoms with van der Waals surface area (Å²) < 4.78 is 5.73. The molecule has 1 amide bonds. The molecule has 1 aromatic heterocycles. The Bertz CT molecular complexity index is 592. The first kappa shape index (κ1) is 16.7. The first-order chi connectivity index (χ1) is 10.7. The Morgan fingerprint density at radius 1 is 1.36 bits per heavy atom. The molecule has 0 aliphatic rings. The average molecular weight is 338 g/mol. The fraction of sp³-hybridized carbons (Fsp3) is 0.357. The van der Waals surface area contributed by atoms with E-state index in [9.17, 15) is 4.79 Å². The van der Waals surface area contributed by atoms with Gasteiger partial charge >= 0.3 is 0 Å². The lowest BCUT2D eigenvalue weighted by molar-refractivity contribution is -0.115. The first-order valence-corrected chi connectivity index (χ1v) is 8.51. The molecule has 1 heterocycles. The molecule has 1 N–H and O–H groups in total. The van der Waals surface area contributed by atoms with E-state index in [1.165, 1.54) is 23.1 Å². The van der Waals surface area contributed by atoms with E-state index in [2.05, 4.69) is 15.5 Å². The summed E-state index contributed by atoms with van der Waals surface area (Å²) in [6.45, 7) is 1.30. The maximum atomic E-state index is 12.2. The van der Waals surface area contributed by atoms with Crippen molar-refractivity contribution in [2.45, 2.75) is 4.34 Å². The highest BCUT2D eigenvalue weighted by atomic mass is 32.2. The molecule has 0 fully saturated rings. The topological polar surface area (TPSA) is 67.3 Å². The predicted molar refractivity (Wildman–Crippen MR) is 90.9 cm³/mol. The normalized spacial score (nSPS) is 10.5. The number of para-hydroxylation sites is 1. The molecule has 0 spiro atoms. The Balaban J connectivity index is 1.81. The lowest BCUT2D eigenvalue weighted by Crippen LogP contribution is -2.27. The van der Waals surface area contributed by atoms with Crippen LogP contribution in [0.4, 0.5) is 10.8 Å². The van der Waals surface area contributed by atoms with Crippen LogP contribution >= 0.6 is 23.1 Å². The molecule has 0 radical (unpaired) electrons. The van der Waals surface area contributed by atoms with Crippen LogP contribution in [0.5, 0.6) is 0 Å². The van der Waals surface area contributed by atoms with Gasteiger partial charge < -0.3 is 15.0 Å². The van der Waals surface area contributed by atoms with E-state index in [1.54, 1.807) is 19.1 Å². The Morgan fingerprint density at radius 3 is 2.86 bits per heavy atom. The minimum absolute atomic E-state index is 0.0280. The fourth-order valence-corrected chi connectivity index (χ4v) is 3.31. The van der Waals surface area contributed by atoms with Gasteiger partial charge in [-0.25, -0.2) is 0 Å². The molecular weight excluding hydrogens is 320 g/mol. The highest BCUT2D eigenvalue weighted by molar-refractivity contribution is 8.01. The summed E-state index contributed by atoms with van der Waals surface area (Å²) >= 11 is 2.83.